The molecule has 0 saturated heterocycles. The molecule has 0 aliphatic rings. The minimum absolute atomic E-state index is 0.506. The lowest BCUT2D eigenvalue weighted by atomic mass is 10.0. The number of benzene rings is 4. The second-order valence-corrected chi connectivity index (χ2v) is 7.72. The molecule has 0 radical (unpaired) electrons. The fourth-order valence-corrected chi connectivity index (χ4v) is 3.63. The van der Waals surface area contributed by atoms with Crippen LogP contribution in [-0.4, -0.2) is 0 Å². The van der Waals surface area contributed by atoms with Gasteiger partial charge < -0.3 is 10.1 Å². The van der Waals surface area contributed by atoms with E-state index in [0.29, 0.717) is 13.2 Å². The van der Waals surface area contributed by atoms with Crippen LogP contribution in [0.4, 0.5) is 5.69 Å². The minimum Gasteiger partial charge on any atom is -0.489 e. The normalized spacial score (nSPS) is 10.9. The van der Waals surface area contributed by atoms with Gasteiger partial charge in [-0.3, -0.25) is 0 Å². The Hall–Kier alpha value is -2.97. The van der Waals surface area contributed by atoms with Gasteiger partial charge in [-0.25, -0.2) is 0 Å². The molecule has 4 rings (SSSR count). The van der Waals surface area contributed by atoms with E-state index in [1.807, 2.05) is 24.3 Å². The first-order chi connectivity index (χ1) is 14.1. The number of halogens is 1. The third kappa shape index (κ3) is 4.38. The summed E-state index contributed by atoms with van der Waals surface area (Å²) in [7, 11) is 0. The van der Waals surface area contributed by atoms with Crippen molar-refractivity contribution in [1.82, 2.24) is 0 Å². The number of anilines is 1. The summed E-state index contributed by atoms with van der Waals surface area (Å²) in [4.78, 5) is 0. The van der Waals surface area contributed by atoms with Crippen LogP contribution in [0.1, 0.15) is 22.3 Å². The number of nitrogens with one attached hydrogen (secondary N) is 1. The topological polar surface area (TPSA) is 21.3 Å². The molecule has 0 heterocycles. The Morgan fingerprint density at radius 1 is 0.828 bits per heavy atom. The maximum absolute atomic E-state index is 6.23. The van der Waals surface area contributed by atoms with Crippen LogP contribution in [0, 0.1) is 13.8 Å². The quantitative estimate of drug-likeness (QED) is 0.366. The third-order valence-electron chi connectivity index (χ3n) is 5.37. The highest BCUT2D eigenvalue weighted by Gasteiger charge is 2.10. The predicted octanol–water partition coefficient (Wildman–Crippen LogP) is 7.30. The molecule has 0 saturated carbocycles. The van der Waals surface area contributed by atoms with Gasteiger partial charge >= 0.3 is 0 Å². The van der Waals surface area contributed by atoms with Crippen molar-refractivity contribution < 1.29 is 4.74 Å². The Kier molecular flexibility index (Phi) is 5.73. The monoisotopic (exact) mass is 401 g/mol. The standard InChI is InChI=1S/C26H24ClNO/c1-18-6-5-9-25(19(18)2)28-16-24-23-8-4-3-7-21(23)12-15-26(24)29-17-20-10-13-22(27)14-11-20/h3-15,28H,16-17H2,1-2H3. The molecule has 0 atom stereocenters. The molecule has 4 aromatic carbocycles. The second kappa shape index (κ2) is 8.59. The molecule has 29 heavy (non-hydrogen) atoms. The van der Waals surface area contributed by atoms with Gasteiger partial charge in [0.25, 0.3) is 0 Å². The molecule has 0 fully saturated rings. The lowest BCUT2D eigenvalue weighted by Gasteiger charge is -2.17. The van der Waals surface area contributed by atoms with E-state index in [1.54, 1.807) is 0 Å². The Labute approximate surface area is 177 Å². The van der Waals surface area contributed by atoms with Crippen molar-refractivity contribution in [3.05, 3.63) is 106 Å². The molecule has 3 heteroatoms. The van der Waals surface area contributed by atoms with Crippen LogP contribution in [0.5, 0.6) is 5.75 Å². The first kappa shape index (κ1) is 19.4. The maximum Gasteiger partial charge on any atom is 0.125 e. The van der Waals surface area contributed by atoms with Gasteiger partial charge in [-0.2, -0.15) is 0 Å². The van der Waals surface area contributed by atoms with E-state index in [2.05, 4.69) is 73.8 Å². The molecule has 0 aliphatic heterocycles. The second-order valence-electron chi connectivity index (χ2n) is 7.28. The summed E-state index contributed by atoms with van der Waals surface area (Å²) in [5, 5.41) is 6.76. The van der Waals surface area contributed by atoms with Crippen LogP contribution in [0.2, 0.25) is 5.02 Å². The number of hydrogen-bond donors (Lipinski definition) is 1. The summed E-state index contributed by atoms with van der Waals surface area (Å²) in [6.07, 6.45) is 0. The summed E-state index contributed by atoms with van der Waals surface area (Å²) in [6, 6.07) is 26.8. The van der Waals surface area contributed by atoms with E-state index in [9.17, 15) is 0 Å². The van der Waals surface area contributed by atoms with Crippen molar-refractivity contribution in [3.63, 3.8) is 0 Å². The Bertz CT molecular complexity index is 1140. The van der Waals surface area contributed by atoms with Crippen molar-refractivity contribution in [1.29, 1.82) is 0 Å². The van der Waals surface area contributed by atoms with Gasteiger partial charge in [0, 0.05) is 22.8 Å². The molecule has 0 amide bonds. The average molecular weight is 402 g/mol. The van der Waals surface area contributed by atoms with Crippen LogP contribution in [0.15, 0.2) is 78.9 Å². The summed E-state index contributed by atoms with van der Waals surface area (Å²) < 4.78 is 6.23. The Morgan fingerprint density at radius 3 is 2.45 bits per heavy atom. The van der Waals surface area contributed by atoms with E-state index in [4.69, 9.17) is 16.3 Å². The smallest absolute Gasteiger partial charge is 0.125 e. The number of rotatable bonds is 6. The van der Waals surface area contributed by atoms with Gasteiger partial charge in [0.15, 0.2) is 0 Å². The van der Waals surface area contributed by atoms with E-state index < -0.39 is 0 Å². The highest BCUT2D eigenvalue weighted by molar-refractivity contribution is 6.30. The van der Waals surface area contributed by atoms with Crippen LogP contribution in [-0.2, 0) is 13.2 Å². The largest absolute Gasteiger partial charge is 0.489 e. The zero-order valence-corrected chi connectivity index (χ0v) is 17.5. The molecule has 0 bridgehead atoms. The van der Waals surface area contributed by atoms with Crippen molar-refractivity contribution in [2.45, 2.75) is 27.0 Å². The highest BCUT2D eigenvalue weighted by Crippen LogP contribution is 2.30. The van der Waals surface area contributed by atoms with E-state index in [1.165, 1.54) is 21.9 Å². The zero-order valence-electron chi connectivity index (χ0n) is 16.7. The molecule has 0 unspecified atom stereocenters. The van der Waals surface area contributed by atoms with Crippen molar-refractivity contribution in [2.75, 3.05) is 5.32 Å². The molecular formula is C26H24ClNO. The lowest BCUT2D eigenvalue weighted by Crippen LogP contribution is -2.06. The fourth-order valence-electron chi connectivity index (χ4n) is 3.50. The van der Waals surface area contributed by atoms with Gasteiger partial charge in [0.05, 0.1) is 0 Å². The Morgan fingerprint density at radius 2 is 1.62 bits per heavy atom. The maximum atomic E-state index is 6.23. The van der Waals surface area contributed by atoms with Crippen LogP contribution < -0.4 is 10.1 Å². The third-order valence-corrected chi connectivity index (χ3v) is 5.62. The molecule has 4 aromatic rings. The highest BCUT2D eigenvalue weighted by atomic mass is 35.5. The zero-order chi connectivity index (χ0) is 20.2. The molecular weight excluding hydrogens is 378 g/mol. The SMILES string of the molecule is Cc1cccc(NCc2c(OCc3ccc(Cl)cc3)ccc3ccccc23)c1C. The van der Waals surface area contributed by atoms with Gasteiger partial charge in [-0.05, 0) is 65.6 Å². The van der Waals surface area contributed by atoms with E-state index in [0.717, 1.165) is 27.6 Å². The average Bonchev–Trinajstić information content (AvgIpc) is 2.74. The summed E-state index contributed by atoms with van der Waals surface area (Å²) in [5.74, 6) is 0.899. The number of aryl methyl sites for hydroxylation is 1. The first-order valence-corrected chi connectivity index (χ1v) is 10.2. The summed E-state index contributed by atoms with van der Waals surface area (Å²) in [5.41, 5.74) is 5.97. The fraction of sp³-hybridized carbons (Fsp3) is 0.154. The van der Waals surface area contributed by atoms with Gasteiger partial charge in [-0.15, -0.1) is 0 Å². The molecule has 1 N–H and O–H groups in total. The van der Waals surface area contributed by atoms with Crippen LogP contribution in [0.25, 0.3) is 10.8 Å². The summed E-state index contributed by atoms with van der Waals surface area (Å²) >= 11 is 5.99. The number of ether oxygens (including phenoxy) is 1. The van der Waals surface area contributed by atoms with Crippen LogP contribution in [0.3, 0.4) is 0 Å². The van der Waals surface area contributed by atoms with Crippen molar-refractivity contribution in [2.24, 2.45) is 0 Å². The minimum atomic E-state index is 0.506. The van der Waals surface area contributed by atoms with Gasteiger partial charge in [0.2, 0.25) is 0 Å². The molecule has 0 spiro atoms. The van der Waals surface area contributed by atoms with Gasteiger partial charge in [0.1, 0.15) is 12.4 Å². The summed E-state index contributed by atoms with van der Waals surface area (Å²) in [6.45, 7) is 5.49. The number of hydrogen-bond acceptors (Lipinski definition) is 2. The molecule has 2 nitrogen and oxygen atoms in total. The van der Waals surface area contributed by atoms with Gasteiger partial charge in [-0.1, -0.05) is 66.2 Å². The van der Waals surface area contributed by atoms with Crippen molar-refractivity contribution >= 4 is 28.1 Å². The van der Waals surface area contributed by atoms with Crippen LogP contribution >= 0.6 is 11.6 Å². The molecule has 0 aliphatic carbocycles. The lowest BCUT2D eigenvalue weighted by molar-refractivity contribution is 0.304. The Balaban J connectivity index is 1.63. The molecule has 146 valence electrons. The van der Waals surface area contributed by atoms with E-state index >= 15 is 0 Å². The number of fused-ring (bicyclic) bond motifs is 1. The predicted molar refractivity (Wildman–Crippen MR) is 123 cm³/mol. The first-order valence-electron chi connectivity index (χ1n) is 9.80. The van der Waals surface area contributed by atoms with Crippen molar-refractivity contribution in [3.8, 4) is 5.75 Å². The molecule has 0 aromatic heterocycles. The van der Waals surface area contributed by atoms with E-state index in [-0.39, 0.29) is 0 Å².